The molecule has 0 aliphatic rings. The first-order valence-corrected chi connectivity index (χ1v) is 4.74. The van der Waals surface area contributed by atoms with Gasteiger partial charge in [0.1, 0.15) is 17.9 Å². The number of pyridine rings is 1. The highest BCUT2D eigenvalue weighted by Gasteiger charge is 2.28. The summed E-state index contributed by atoms with van der Waals surface area (Å²) in [7, 11) is 0. The van der Waals surface area contributed by atoms with Gasteiger partial charge in [-0.05, 0) is 18.2 Å². The van der Waals surface area contributed by atoms with Gasteiger partial charge >= 0.3 is 6.18 Å². The van der Waals surface area contributed by atoms with Crippen LogP contribution < -0.4 is 5.32 Å². The molecular weight excluding hydrogens is 235 g/mol. The number of carbonyl (C=O) groups excluding carboxylic acids is 1. The van der Waals surface area contributed by atoms with Crippen molar-refractivity contribution in [1.29, 1.82) is 0 Å². The van der Waals surface area contributed by atoms with E-state index in [1.54, 1.807) is 17.4 Å². The molecule has 1 amide bonds. The van der Waals surface area contributed by atoms with Crippen molar-refractivity contribution >= 4 is 16.9 Å². The minimum atomic E-state index is -4.42. The minimum absolute atomic E-state index is 0.0583. The maximum absolute atomic E-state index is 11.9. The smallest absolute Gasteiger partial charge is 0.342 e. The van der Waals surface area contributed by atoms with Crippen molar-refractivity contribution in [3.63, 3.8) is 0 Å². The van der Waals surface area contributed by atoms with Crippen molar-refractivity contribution in [2.45, 2.75) is 6.18 Å². The van der Waals surface area contributed by atoms with Gasteiger partial charge in [0.05, 0.1) is 0 Å². The number of amides is 1. The lowest BCUT2D eigenvalue weighted by atomic mass is 10.3. The number of carbonyl (C=O) groups is 1. The average molecular weight is 243 g/mol. The molecule has 7 heteroatoms. The van der Waals surface area contributed by atoms with E-state index in [4.69, 9.17) is 0 Å². The number of hydrogen-bond donors (Lipinski definition) is 2. The van der Waals surface area contributed by atoms with E-state index in [-0.39, 0.29) is 5.69 Å². The highest BCUT2D eigenvalue weighted by atomic mass is 19.4. The number of nitrogens with zero attached hydrogens (tertiary/aromatic N) is 1. The van der Waals surface area contributed by atoms with Crippen LogP contribution in [0.4, 0.5) is 13.2 Å². The number of rotatable bonds is 2. The molecule has 0 spiro atoms. The monoisotopic (exact) mass is 243 g/mol. The fourth-order valence-electron chi connectivity index (χ4n) is 1.36. The largest absolute Gasteiger partial charge is 0.405 e. The number of fused-ring (bicyclic) bond motifs is 1. The van der Waals surface area contributed by atoms with Gasteiger partial charge in [-0.1, -0.05) is 0 Å². The molecule has 0 atom stereocenters. The van der Waals surface area contributed by atoms with Crippen LogP contribution in [0.2, 0.25) is 0 Å². The Balaban J connectivity index is 2.14. The summed E-state index contributed by atoms with van der Waals surface area (Å²) in [6.45, 7) is -1.35. The van der Waals surface area contributed by atoms with Gasteiger partial charge in [0.2, 0.25) is 0 Å². The van der Waals surface area contributed by atoms with E-state index in [1.165, 1.54) is 12.3 Å². The Bertz CT molecular complexity index is 514. The molecule has 4 nitrogen and oxygen atoms in total. The Hall–Kier alpha value is -2.05. The predicted octanol–water partition coefficient (Wildman–Crippen LogP) is 1.85. The first kappa shape index (κ1) is 11.4. The van der Waals surface area contributed by atoms with Crippen LogP contribution in [0.15, 0.2) is 24.4 Å². The molecule has 0 radical (unpaired) electrons. The fraction of sp³-hybridized carbons (Fsp3) is 0.200. The maximum atomic E-state index is 11.9. The van der Waals surface area contributed by atoms with Gasteiger partial charge in [-0.15, -0.1) is 0 Å². The van der Waals surface area contributed by atoms with Crippen LogP contribution in [-0.2, 0) is 0 Å². The van der Waals surface area contributed by atoms with Crippen LogP contribution in [-0.4, -0.2) is 28.6 Å². The van der Waals surface area contributed by atoms with E-state index in [9.17, 15) is 18.0 Å². The molecule has 0 fully saturated rings. The first-order valence-electron chi connectivity index (χ1n) is 4.74. The minimum Gasteiger partial charge on any atom is -0.342 e. The molecule has 2 heterocycles. The summed E-state index contributed by atoms with van der Waals surface area (Å²) in [6.07, 6.45) is -2.89. The van der Waals surface area contributed by atoms with E-state index < -0.39 is 18.6 Å². The maximum Gasteiger partial charge on any atom is 0.405 e. The number of aromatic nitrogens is 2. The molecule has 17 heavy (non-hydrogen) atoms. The lowest BCUT2D eigenvalue weighted by molar-refractivity contribution is -0.123. The van der Waals surface area contributed by atoms with Gasteiger partial charge in [0, 0.05) is 11.6 Å². The summed E-state index contributed by atoms with van der Waals surface area (Å²) in [5.74, 6) is -0.805. The van der Waals surface area contributed by atoms with Gasteiger partial charge < -0.3 is 10.3 Å². The van der Waals surface area contributed by atoms with Crippen molar-refractivity contribution in [2.75, 3.05) is 6.54 Å². The van der Waals surface area contributed by atoms with Crippen LogP contribution in [0, 0.1) is 0 Å². The van der Waals surface area contributed by atoms with Crippen molar-refractivity contribution < 1.29 is 18.0 Å². The third kappa shape index (κ3) is 2.74. The highest BCUT2D eigenvalue weighted by molar-refractivity contribution is 5.97. The van der Waals surface area contributed by atoms with Gasteiger partial charge in [0.25, 0.3) is 5.91 Å². The van der Waals surface area contributed by atoms with E-state index in [2.05, 4.69) is 9.97 Å². The zero-order valence-electron chi connectivity index (χ0n) is 8.51. The van der Waals surface area contributed by atoms with Crippen LogP contribution in [0.5, 0.6) is 0 Å². The summed E-state index contributed by atoms with van der Waals surface area (Å²) < 4.78 is 35.7. The van der Waals surface area contributed by atoms with Gasteiger partial charge in [-0.25, -0.2) is 4.98 Å². The van der Waals surface area contributed by atoms with Crippen LogP contribution in [0.1, 0.15) is 10.5 Å². The van der Waals surface area contributed by atoms with E-state index >= 15 is 0 Å². The second-order valence-electron chi connectivity index (χ2n) is 3.42. The second-order valence-corrected chi connectivity index (χ2v) is 3.42. The Kier molecular flexibility index (Phi) is 2.74. The van der Waals surface area contributed by atoms with Crippen molar-refractivity contribution in [3.8, 4) is 0 Å². The average Bonchev–Trinajstić information content (AvgIpc) is 2.68. The summed E-state index contributed by atoms with van der Waals surface area (Å²) in [5, 5.41) is 2.45. The van der Waals surface area contributed by atoms with Crippen LogP contribution in [0.25, 0.3) is 11.0 Å². The van der Waals surface area contributed by atoms with Gasteiger partial charge in [0.15, 0.2) is 0 Å². The Morgan fingerprint density at radius 3 is 2.88 bits per heavy atom. The van der Waals surface area contributed by atoms with E-state index in [0.29, 0.717) is 11.0 Å². The number of alkyl halides is 3. The summed E-state index contributed by atoms with van der Waals surface area (Å²) >= 11 is 0. The Morgan fingerprint density at radius 2 is 2.24 bits per heavy atom. The summed E-state index contributed by atoms with van der Waals surface area (Å²) in [4.78, 5) is 18.0. The Labute approximate surface area is 93.8 Å². The molecule has 2 N–H and O–H groups in total. The standard InChI is InChI=1S/C10H8F3N3O/c11-10(12,13)5-15-9(17)7-4-6-2-1-3-14-8(6)16-7/h1-4H,5H2,(H,14,16)(H,15,17). The van der Waals surface area contributed by atoms with E-state index in [0.717, 1.165) is 0 Å². The van der Waals surface area contributed by atoms with Gasteiger partial charge in [-0.2, -0.15) is 13.2 Å². The lowest BCUT2D eigenvalue weighted by Gasteiger charge is -2.06. The highest BCUT2D eigenvalue weighted by Crippen LogP contribution is 2.14. The molecule has 2 aromatic heterocycles. The number of nitrogens with one attached hydrogen (secondary N) is 2. The van der Waals surface area contributed by atoms with E-state index in [1.807, 2.05) is 0 Å². The third-order valence-corrected chi connectivity index (χ3v) is 2.09. The first-order chi connectivity index (χ1) is 7.96. The van der Waals surface area contributed by atoms with Crippen LogP contribution in [0.3, 0.4) is 0 Å². The molecule has 2 rings (SSSR count). The molecule has 0 unspecified atom stereocenters. The second kappa shape index (κ2) is 4.08. The normalized spacial score (nSPS) is 11.7. The number of halogens is 3. The zero-order chi connectivity index (χ0) is 12.5. The molecule has 0 aliphatic heterocycles. The van der Waals surface area contributed by atoms with Crippen molar-refractivity contribution in [3.05, 3.63) is 30.1 Å². The fourth-order valence-corrected chi connectivity index (χ4v) is 1.36. The predicted molar refractivity (Wildman–Crippen MR) is 54.5 cm³/mol. The molecule has 0 bridgehead atoms. The lowest BCUT2D eigenvalue weighted by Crippen LogP contribution is -2.33. The molecule has 0 aromatic carbocycles. The quantitative estimate of drug-likeness (QED) is 0.845. The number of H-pyrrole nitrogens is 1. The molecule has 0 saturated carbocycles. The number of aromatic amines is 1. The number of hydrogen-bond acceptors (Lipinski definition) is 2. The Morgan fingerprint density at radius 1 is 1.47 bits per heavy atom. The molecule has 90 valence electrons. The molecule has 0 saturated heterocycles. The third-order valence-electron chi connectivity index (χ3n) is 2.09. The SMILES string of the molecule is O=C(NCC(F)(F)F)c1cc2cccnc2[nH]1. The van der Waals surface area contributed by atoms with Gasteiger partial charge in [-0.3, -0.25) is 4.79 Å². The van der Waals surface area contributed by atoms with Crippen molar-refractivity contribution in [2.24, 2.45) is 0 Å². The zero-order valence-corrected chi connectivity index (χ0v) is 8.51. The van der Waals surface area contributed by atoms with Crippen LogP contribution >= 0.6 is 0 Å². The molecule has 0 aliphatic carbocycles. The molecular formula is C10H8F3N3O. The summed E-state index contributed by atoms with van der Waals surface area (Å²) in [5.41, 5.74) is 0.521. The van der Waals surface area contributed by atoms with Crippen molar-refractivity contribution in [1.82, 2.24) is 15.3 Å². The molecule has 2 aromatic rings. The topological polar surface area (TPSA) is 57.8 Å². The summed E-state index contributed by atoms with van der Waals surface area (Å²) in [6, 6.07) is 4.83.